The molecule has 2 aromatic rings. The summed E-state index contributed by atoms with van der Waals surface area (Å²) in [7, 11) is 1.47. The first-order valence-corrected chi connectivity index (χ1v) is 5.09. The van der Waals surface area contributed by atoms with Crippen LogP contribution in [0.4, 0.5) is 0 Å². The fourth-order valence-corrected chi connectivity index (χ4v) is 1.43. The summed E-state index contributed by atoms with van der Waals surface area (Å²) in [6.45, 7) is 0. The van der Waals surface area contributed by atoms with Crippen molar-refractivity contribution in [3.8, 4) is 11.4 Å². The molecular formula is C12H11N3O2. The van der Waals surface area contributed by atoms with Crippen molar-refractivity contribution >= 4 is 5.91 Å². The Bertz CT molecular complexity index is 590. The van der Waals surface area contributed by atoms with Crippen molar-refractivity contribution in [1.82, 2.24) is 15.3 Å². The minimum absolute atomic E-state index is 0.00665. The van der Waals surface area contributed by atoms with Crippen LogP contribution in [0.25, 0.3) is 11.4 Å². The Morgan fingerprint density at radius 3 is 2.59 bits per heavy atom. The number of aromatic nitrogens is 2. The van der Waals surface area contributed by atoms with Gasteiger partial charge in [0, 0.05) is 18.8 Å². The second-order valence-corrected chi connectivity index (χ2v) is 3.42. The van der Waals surface area contributed by atoms with Crippen molar-refractivity contribution in [1.29, 1.82) is 0 Å². The molecule has 0 unspecified atom stereocenters. The lowest BCUT2D eigenvalue weighted by Crippen LogP contribution is -2.27. The Labute approximate surface area is 97.5 Å². The molecule has 1 aromatic heterocycles. The molecule has 0 aliphatic heterocycles. The number of rotatable bonds is 2. The van der Waals surface area contributed by atoms with Crippen molar-refractivity contribution in [2.45, 2.75) is 0 Å². The predicted octanol–water partition coefficient (Wildman–Crippen LogP) is 0.796. The van der Waals surface area contributed by atoms with E-state index in [1.54, 1.807) is 0 Å². The Morgan fingerprint density at radius 1 is 1.29 bits per heavy atom. The van der Waals surface area contributed by atoms with Gasteiger partial charge in [-0.05, 0) is 0 Å². The highest BCUT2D eigenvalue weighted by Crippen LogP contribution is 2.11. The minimum atomic E-state index is -0.446. The van der Waals surface area contributed by atoms with E-state index in [4.69, 9.17) is 0 Å². The van der Waals surface area contributed by atoms with Gasteiger partial charge in [0.2, 0.25) is 0 Å². The van der Waals surface area contributed by atoms with E-state index in [2.05, 4.69) is 15.3 Å². The molecule has 1 aromatic carbocycles. The molecule has 0 saturated carbocycles. The van der Waals surface area contributed by atoms with Gasteiger partial charge < -0.3 is 10.3 Å². The van der Waals surface area contributed by atoms with Crippen LogP contribution in [-0.2, 0) is 0 Å². The molecular weight excluding hydrogens is 218 g/mol. The summed E-state index contributed by atoms with van der Waals surface area (Å²) in [5, 5.41) is 2.38. The van der Waals surface area contributed by atoms with E-state index in [9.17, 15) is 9.59 Å². The van der Waals surface area contributed by atoms with E-state index < -0.39 is 11.5 Å². The lowest BCUT2D eigenvalue weighted by Gasteiger charge is -2.02. The molecule has 86 valence electrons. The van der Waals surface area contributed by atoms with Crippen molar-refractivity contribution in [3.63, 3.8) is 0 Å². The van der Waals surface area contributed by atoms with Gasteiger partial charge in [0.15, 0.2) is 0 Å². The fourth-order valence-electron chi connectivity index (χ4n) is 1.43. The van der Waals surface area contributed by atoms with Gasteiger partial charge in [0.25, 0.3) is 11.5 Å². The van der Waals surface area contributed by atoms with Gasteiger partial charge in [0.05, 0.1) is 0 Å². The number of hydrogen-bond donors (Lipinski definition) is 2. The smallest absolute Gasteiger partial charge is 0.264 e. The number of carbonyl (C=O) groups excluding carboxylic acids is 1. The molecule has 2 N–H and O–H groups in total. The molecule has 17 heavy (non-hydrogen) atoms. The number of aromatic amines is 1. The van der Waals surface area contributed by atoms with Gasteiger partial charge in [0.1, 0.15) is 11.4 Å². The zero-order chi connectivity index (χ0) is 12.3. The molecule has 0 atom stereocenters. The Kier molecular flexibility index (Phi) is 3.00. The Morgan fingerprint density at radius 2 is 2.00 bits per heavy atom. The second-order valence-electron chi connectivity index (χ2n) is 3.42. The van der Waals surface area contributed by atoms with Crippen LogP contribution >= 0.6 is 0 Å². The predicted molar refractivity (Wildman–Crippen MR) is 63.7 cm³/mol. The van der Waals surface area contributed by atoms with Crippen LogP contribution in [0.1, 0.15) is 10.4 Å². The molecule has 5 heteroatoms. The summed E-state index contributed by atoms with van der Waals surface area (Å²) in [4.78, 5) is 29.6. The largest absolute Gasteiger partial charge is 0.355 e. The quantitative estimate of drug-likeness (QED) is 0.799. The van der Waals surface area contributed by atoms with Gasteiger partial charge in [-0.25, -0.2) is 4.98 Å². The molecule has 0 aliphatic carbocycles. The van der Waals surface area contributed by atoms with Gasteiger partial charge in [-0.1, -0.05) is 30.3 Å². The fraction of sp³-hybridized carbons (Fsp3) is 0.0833. The van der Waals surface area contributed by atoms with Crippen LogP contribution in [0.15, 0.2) is 41.3 Å². The van der Waals surface area contributed by atoms with E-state index in [1.165, 1.54) is 13.2 Å². The van der Waals surface area contributed by atoms with E-state index in [1.807, 2.05) is 30.3 Å². The molecule has 0 radical (unpaired) electrons. The molecule has 0 bridgehead atoms. The number of hydrogen-bond acceptors (Lipinski definition) is 3. The highest BCUT2D eigenvalue weighted by molar-refractivity contribution is 5.93. The summed E-state index contributed by atoms with van der Waals surface area (Å²) < 4.78 is 0. The van der Waals surface area contributed by atoms with Crippen LogP contribution in [0, 0.1) is 0 Å². The first-order chi connectivity index (χ1) is 8.22. The molecule has 0 aliphatic rings. The number of nitrogens with zero attached hydrogens (tertiary/aromatic N) is 1. The van der Waals surface area contributed by atoms with Crippen LogP contribution < -0.4 is 10.9 Å². The maximum absolute atomic E-state index is 11.7. The van der Waals surface area contributed by atoms with Crippen molar-refractivity contribution in [3.05, 3.63) is 52.4 Å². The van der Waals surface area contributed by atoms with Crippen molar-refractivity contribution < 1.29 is 4.79 Å². The summed E-state index contributed by atoms with van der Waals surface area (Å²) in [6.07, 6.45) is 1.28. The Hall–Kier alpha value is -2.43. The molecule has 1 heterocycles. The summed E-state index contributed by atoms with van der Waals surface area (Å²) >= 11 is 0. The van der Waals surface area contributed by atoms with Crippen LogP contribution in [0.5, 0.6) is 0 Å². The van der Waals surface area contributed by atoms with Crippen molar-refractivity contribution in [2.75, 3.05) is 7.05 Å². The lowest BCUT2D eigenvalue weighted by molar-refractivity contribution is 0.0961. The van der Waals surface area contributed by atoms with E-state index >= 15 is 0 Å². The summed E-state index contributed by atoms with van der Waals surface area (Å²) in [5.74, 6) is 0.00150. The highest BCUT2D eigenvalue weighted by Gasteiger charge is 2.10. The molecule has 2 rings (SSSR count). The maximum Gasteiger partial charge on any atom is 0.264 e. The highest BCUT2D eigenvalue weighted by atomic mass is 16.2. The van der Waals surface area contributed by atoms with Crippen LogP contribution in [-0.4, -0.2) is 22.9 Å². The van der Waals surface area contributed by atoms with Crippen LogP contribution in [0.2, 0.25) is 0 Å². The van der Waals surface area contributed by atoms with Gasteiger partial charge in [-0.3, -0.25) is 9.59 Å². The SMILES string of the molecule is CNC(=O)c1cnc(-c2ccccc2)[nH]c1=O. The molecule has 1 amide bonds. The number of amides is 1. The third-order valence-corrected chi connectivity index (χ3v) is 2.32. The zero-order valence-electron chi connectivity index (χ0n) is 9.23. The first-order valence-electron chi connectivity index (χ1n) is 5.09. The third kappa shape index (κ3) is 2.23. The number of benzene rings is 1. The summed E-state index contributed by atoms with van der Waals surface area (Å²) in [5.41, 5.74) is 0.360. The van der Waals surface area contributed by atoms with Gasteiger partial charge in [-0.15, -0.1) is 0 Å². The maximum atomic E-state index is 11.7. The standard InChI is InChI=1S/C12H11N3O2/c1-13-11(16)9-7-14-10(15-12(9)17)8-5-3-2-4-6-8/h2-7H,1H3,(H,13,16)(H,14,15,17). The number of H-pyrrole nitrogens is 1. The first kappa shape index (κ1) is 11.1. The van der Waals surface area contributed by atoms with E-state index in [0.29, 0.717) is 5.82 Å². The normalized spacial score (nSPS) is 9.94. The molecule has 5 nitrogen and oxygen atoms in total. The lowest BCUT2D eigenvalue weighted by atomic mass is 10.2. The zero-order valence-corrected chi connectivity index (χ0v) is 9.23. The summed E-state index contributed by atoms with van der Waals surface area (Å²) in [6, 6.07) is 9.24. The number of nitrogens with one attached hydrogen (secondary N) is 2. The topological polar surface area (TPSA) is 74.8 Å². The van der Waals surface area contributed by atoms with E-state index in [-0.39, 0.29) is 5.56 Å². The van der Waals surface area contributed by atoms with E-state index in [0.717, 1.165) is 5.56 Å². The van der Waals surface area contributed by atoms with Crippen LogP contribution in [0.3, 0.4) is 0 Å². The molecule has 0 spiro atoms. The van der Waals surface area contributed by atoms with Crippen molar-refractivity contribution in [2.24, 2.45) is 0 Å². The Balaban J connectivity index is 2.45. The average Bonchev–Trinajstić information content (AvgIpc) is 2.39. The molecule has 0 fully saturated rings. The molecule has 0 saturated heterocycles. The second kappa shape index (κ2) is 4.61. The minimum Gasteiger partial charge on any atom is -0.355 e. The number of carbonyl (C=O) groups is 1. The van der Waals surface area contributed by atoms with Gasteiger partial charge >= 0.3 is 0 Å². The average molecular weight is 229 g/mol. The third-order valence-electron chi connectivity index (χ3n) is 2.32. The van der Waals surface area contributed by atoms with Gasteiger partial charge in [-0.2, -0.15) is 0 Å². The monoisotopic (exact) mass is 229 g/mol.